The van der Waals surface area contributed by atoms with Crippen LogP contribution in [0.25, 0.3) is 11.5 Å². The molecule has 5 nitrogen and oxygen atoms in total. The van der Waals surface area contributed by atoms with Crippen LogP contribution in [0.1, 0.15) is 24.2 Å². The molecule has 1 heterocycles. The summed E-state index contributed by atoms with van der Waals surface area (Å²) >= 11 is 0. The van der Waals surface area contributed by atoms with Gasteiger partial charge in [0.15, 0.2) is 5.96 Å². The first-order valence-electron chi connectivity index (χ1n) is 8.49. The van der Waals surface area contributed by atoms with Crippen molar-refractivity contribution in [3.8, 4) is 11.5 Å². The fourth-order valence-electron chi connectivity index (χ4n) is 2.61. The maximum absolute atomic E-state index is 13.9. The van der Waals surface area contributed by atoms with E-state index in [1.807, 2.05) is 30.3 Å². The second kappa shape index (κ2) is 10.2. The molecule has 28 heavy (non-hydrogen) atoms. The number of nitrogens with zero attached hydrogens (tertiary/aromatic N) is 2. The lowest BCUT2D eigenvalue weighted by Crippen LogP contribution is -2.38. The first kappa shape index (κ1) is 21.8. The zero-order valence-electron chi connectivity index (χ0n) is 15.4. The Labute approximate surface area is 179 Å². The van der Waals surface area contributed by atoms with Crippen molar-refractivity contribution in [2.75, 3.05) is 7.05 Å². The number of rotatable bonds is 5. The molecule has 3 aromatic rings. The molecule has 0 fully saturated rings. The van der Waals surface area contributed by atoms with Crippen molar-refractivity contribution in [3.63, 3.8) is 0 Å². The van der Waals surface area contributed by atoms with Gasteiger partial charge >= 0.3 is 0 Å². The SMILES string of the molecule is CN=C(NCc1coc(-c2ccccc2)n1)NC(C)c1ccc(F)cc1F.I. The van der Waals surface area contributed by atoms with Crippen LogP contribution in [0.15, 0.2) is 64.2 Å². The Morgan fingerprint density at radius 2 is 1.93 bits per heavy atom. The van der Waals surface area contributed by atoms with Gasteiger partial charge in [-0.15, -0.1) is 24.0 Å². The Balaban J connectivity index is 0.00000280. The summed E-state index contributed by atoms with van der Waals surface area (Å²) in [5, 5.41) is 6.17. The van der Waals surface area contributed by atoms with Gasteiger partial charge in [0.2, 0.25) is 5.89 Å². The monoisotopic (exact) mass is 498 g/mol. The normalized spacial score (nSPS) is 12.2. The van der Waals surface area contributed by atoms with Gasteiger partial charge < -0.3 is 15.1 Å². The number of hydrogen-bond donors (Lipinski definition) is 2. The quantitative estimate of drug-likeness (QED) is 0.305. The summed E-state index contributed by atoms with van der Waals surface area (Å²) in [5.74, 6) is -0.201. The molecule has 1 unspecified atom stereocenters. The predicted octanol–water partition coefficient (Wildman–Crippen LogP) is 4.66. The minimum Gasteiger partial charge on any atom is -0.444 e. The van der Waals surface area contributed by atoms with Crippen LogP contribution in [0.4, 0.5) is 8.78 Å². The first-order chi connectivity index (χ1) is 13.1. The summed E-state index contributed by atoms with van der Waals surface area (Å²) in [4.78, 5) is 8.55. The summed E-state index contributed by atoms with van der Waals surface area (Å²) in [6.45, 7) is 2.15. The molecule has 3 rings (SSSR count). The summed E-state index contributed by atoms with van der Waals surface area (Å²) < 4.78 is 32.5. The highest BCUT2D eigenvalue weighted by atomic mass is 127. The Morgan fingerprint density at radius 1 is 1.18 bits per heavy atom. The van der Waals surface area contributed by atoms with E-state index < -0.39 is 17.7 Å². The van der Waals surface area contributed by atoms with E-state index in [9.17, 15) is 8.78 Å². The molecule has 0 aliphatic heterocycles. The van der Waals surface area contributed by atoms with E-state index in [1.54, 1.807) is 20.2 Å². The smallest absolute Gasteiger partial charge is 0.226 e. The van der Waals surface area contributed by atoms with Crippen LogP contribution < -0.4 is 10.6 Å². The highest BCUT2D eigenvalue weighted by Gasteiger charge is 2.14. The van der Waals surface area contributed by atoms with E-state index in [2.05, 4.69) is 20.6 Å². The van der Waals surface area contributed by atoms with Gasteiger partial charge in [-0.05, 0) is 25.1 Å². The van der Waals surface area contributed by atoms with Crippen LogP contribution >= 0.6 is 24.0 Å². The molecule has 0 radical (unpaired) electrons. The zero-order chi connectivity index (χ0) is 19.2. The highest BCUT2D eigenvalue weighted by Crippen LogP contribution is 2.19. The van der Waals surface area contributed by atoms with Gasteiger partial charge in [0, 0.05) is 24.2 Å². The van der Waals surface area contributed by atoms with Crippen molar-refractivity contribution >= 4 is 29.9 Å². The van der Waals surface area contributed by atoms with Crippen LogP contribution in [0.3, 0.4) is 0 Å². The Kier molecular flexibility index (Phi) is 7.91. The molecule has 0 amide bonds. The van der Waals surface area contributed by atoms with Gasteiger partial charge in [0.05, 0.1) is 18.3 Å². The molecular formula is C20H21F2IN4O. The molecular weight excluding hydrogens is 477 g/mol. The van der Waals surface area contributed by atoms with E-state index in [1.165, 1.54) is 12.1 Å². The van der Waals surface area contributed by atoms with Gasteiger partial charge in [0.25, 0.3) is 0 Å². The number of oxazole rings is 1. The van der Waals surface area contributed by atoms with Gasteiger partial charge in [0.1, 0.15) is 17.9 Å². The number of halogens is 3. The Hall–Kier alpha value is -2.49. The van der Waals surface area contributed by atoms with E-state index in [0.717, 1.165) is 11.6 Å². The fraction of sp³-hybridized carbons (Fsp3) is 0.200. The fourth-order valence-corrected chi connectivity index (χ4v) is 2.61. The van der Waals surface area contributed by atoms with Crippen LogP contribution in [-0.2, 0) is 6.54 Å². The van der Waals surface area contributed by atoms with Crippen LogP contribution in [0.5, 0.6) is 0 Å². The number of aromatic nitrogens is 1. The minimum atomic E-state index is -0.605. The number of guanidine groups is 1. The van der Waals surface area contributed by atoms with Crippen LogP contribution in [0.2, 0.25) is 0 Å². The van der Waals surface area contributed by atoms with Gasteiger partial charge in [-0.3, -0.25) is 4.99 Å². The molecule has 8 heteroatoms. The average molecular weight is 498 g/mol. The van der Waals surface area contributed by atoms with Gasteiger partial charge in [-0.25, -0.2) is 13.8 Å². The van der Waals surface area contributed by atoms with Crippen molar-refractivity contribution in [1.29, 1.82) is 0 Å². The van der Waals surface area contributed by atoms with Gasteiger partial charge in [-0.2, -0.15) is 0 Å². The van der Waals surface area contributed by atoms with Crippen molar-refractivity contribution in [1.82, 2.24) is 15.6 Å². The number of aliphatic imine (C=N–C) groups is 1. The third-order valence-electron chi connectivity index (χ3n) is 4.02. The van der Waals surface area contributed by atoms with Crippen molar-refractivity contribution in [2.45, 2.75) is 19.5 Å². The molecule has 1 aromatic heterocycles. The molecule has 2 aromatic carbocycles. The molecule has 0 aliphatic rings. The second-order valence-electron chi connectivity index (χ2n) is 5.97. The summed E-state index contributed by atoms with van der Waals surface area (Å²) in [5.41, 5.74) is 1.95. The standard InChI is InChI=1S/C20H20F2N4O.HI/c1-13(17-9-8-15(21)10-18(17)22)25-20(23-2)24-11-16-12-27-19(26-16)14-6-4-3-5-7-14;/h3-10,12-13H,11H2,1-2H3,(H2,23,24,25);1H. The molecule has 0 saturated carbocycles. The van der Waals surface area contributed by atoms with Crippen molar-refractivity contribution in [3.05, 3.63) is 77.7 Å². The summed E-state index contributed by atoms with van der Waals surface area (Å²) in [7, 11) is 1.61. The van der Waals surface area contributed by atoms with E-state index in [-0.39, 0.29) is 24.0 Å². The third-order valence-corrected chi connectivity index (χ3v) is 4.02. The Morgan fingerprint density at radius 3 is 2.61 bits per heavy atom. The molecule has 2 N–H and O–H groups in total. The highest BCUT2D eigenvalue weighted by molar-refractivity contribution is 14.0. The van der Waals surface area contributed by atoms with Crippen LogP contribution in [0, 0.1) is 11.6 Å². The van der Waals surface area contributed by atoms with E-state index in [0.29, 0.717) is 29.7 Å². The molecule has 148 valence electrons. The summed E-state index contributed by atoms with van der Waals surface area (Å²) in [6.07, 6.45) is 1.58. The van der Waals surface area contributed by atoms with E-state index in [4.69, 9.17) is 4.42 Å². The number of hydrogen-bond acceptors (Lipinski definition) is 3. The Bertz CT molecular complexity index is 931. The third kappa shape index (κ3) is 5.51. The zero-order valence-corrected chi connectivity index (χ0v) is 17.8. The lowest BCUT2D eigenvalue weighted by Gasteiger charge is -2.18. The second-order valence-corrected chi connectivity index (χ2v) is 5.97. The van der Waals surface area contributed by atoms with E-state index >= 15 is 0 Å². The first-order valence-corrected chi connectivity index (χ1v) is 8.49. The maximum Gasteiger partial charge on any atom is 0.226 e. The molecule has 0 saturated heterocycles. The van der Waals surface area contributed by atoms with Crippen molar-refractivity contribution in [2.24, 2.45) is 4.99 Å². The topological polar surface area (TPSA) is 62.5 Å². The van der Waals surface area contributed by atoms with Crippen LogP contribution in [-0.4, -0.2) is 18.0 Å². The average Bonchev–Trinajstić information content (AvgIpc) is 3.14. The number of benzene rings is 2. The largest absolute Gasteiger partial charge is 0.444 e. The molecule has 0 bridgehead atoms. The predicted molar refractivity (Wildman–Crippen MR) is 115 cm³/mol. The number of nitrogens with one attached hydrogen (secondary N) is 2. The van der Waals surface area contributed by atoms with Gasteiger partial charge in [-0.1, -0.05) is 24.3 Å². The lowest BCUT2D eigenvalue weighted by atomic mass is 10.1. The maximum atomic E-state index is 13.9. The molecule has 0 spiro atoms. The molecule has 1 atom stereocenters. The molecule has 0 aliphatic carbocycles. The van der Waals surface area contributed by atoms with Crippen molar-refractivity contribution < 1.29 is 13.2 Å². The summed E-state index contributed by atoms with van der Waals surface area (Å²) in [6, 6.07) is 12.7. The minimum absolute atomic E-state index is 0. The lowest BCUT2D eigenvalue weighted by molar-refractivity contribution is 0.550.